The number of nitrogens with zero attached hydrogens (tertiary/aromatic N) is 3. The Balaban J connectivity index is 1.38. The molecule has 0 radical (unpaired) electrons. The summed E-state index contributed by atoms with van der Waals surface area (Å²) in [6, 6.07) is 16.4. The number of thioether (sulfide) groups is 1. The molecule has 6 heteroatoms. The van der Waals surface area contributed by atoms with Gasteiger partial charge in [-0.15, -0.1) is 11.8 Å². The van der Waals surface area contributed by atoms with Crippen LogP contribution in [0, 0.1) is 0 Å². The van der Waals surface area contributed by atoms with E-state index in [0.29, 0.717) is 11.8 Å². The van der Waals surface area contributed by atoms with Crippen LogP contribution in [0.25, 0.3) is 0 Å². The van der Waals surface area contributed by atoms with Crippen molar-refractivity contribution in [3.63, 3.8) is 0 Å². The van der Waals surface area contributed by atoms with Crippen molar-refractivity contribution in [3.05, 3.63) is 53.6 Å². The van der Waals surface area contributed by atoms with Crippen molar-refractivity contribution in [2.24, 2.45) is 0 Å². The molecule has 0 aromatic heterocycles. The first kappa shape index (κ1) is 19.5. The normalized spacial score (nSPS) is 19.5. The van der Waals surface area contributed by atoms with Gasteiger partial charge < -0.3 is 14.7 Å². The Morgan fingerprint density at radius 2 is 1.89 bits per heavy atom. The van der Waals surface area contributed by atoms with Gasteiger partial charge in [0.2, 0.25) is 5.91 Å². The van der Waals surface area contributed by atoms with Gasteiger partial charge in [-0.2, -0.15) is 0 Å². The summed E-state index contributed by atoms with van der Waals surface area (Å²) in [4.78, 5) is 20.9. The molecule has 4 rings (SSSR count). The van der Waals surface area contributed by atoms with Crippen LogP contribution in [0.3, 0.4) is 0 Å². The van der Waals surface area contributed by atoms with Crippen LogP contribution in [0.15, 0.2) is 53.4 Å². The molecule has 1 fully saturated rings. The molecule has 1 amide bonds. The van der Waals surface area contributed by atoms with Gasteiger partial charge in [-0.3, -0.25) is 4.79 Å². The molecule has 2 heterocycles. The van der Waals surface area contributed by atoms with Crippen LogP contribution in [0.1, 0.15) is 13.3 Å². The molecule has 1 unspecified atom stereocenters. The second-order valence-corrected chi connectivity index (χ2v) is 9.12. The lowest BCUT2D eigenvalue weighted by Gasteiger charge is -2.39. The molecule has 28 heavy (non-hydrogen) atoms. The molecular weight excluding hydrogens is 390 g/mol. The second-order valence-electron chi connectivity index (χ2n) is 7.34. The van der Waals surface area contributed by atoms with E-state index in [0.717, 1.165) is 49.9 Å². The minimum atomic E-state index is 0.224. The number of para-hydroxylation sites is 1. The summed E-state index contributed by atoms with van der Waals surface area (Å²) >= 11 is 8.06. The summed E-state index contributed by atoms with van der Waals surface area (Å²) in [6.07, 6.45) is 1.11. The van der Waals surface area contributed by atoms with Gasteiger partial charge in [0.1, 0.15) is 0 Å². The molecule has 0 bridgehead atoms. The van der Waals surface area contributed by atoms with E-state index in [1.165, 1.54) is 10.6 Å². The summed E-state index contributed by atoms with van der Waals surface area (Å²) in [5, 5.41) is 1.30. The van der Waals surface area contributed by atoms with Gasteiger partial charge in [-0.25, -0.2) is 0 Å². The minimum absolute atomic E-state index is 0.224. The van der Waals surface area contributed by atoms with Crippen molar-refractivity contribution < 1.29 is 4.79 Å². The fourth-order valence-electron chi connectivity index (χ4n) is 3.89. The van der Waals surface area contributed by atoms with Gasteiger partial charge in [-0.05, 0) is 36.8 Å². The maximum Gasteiger partial charge on any atom is 0.242 e. The molecule has 4 nitrogen and oxygen atoms in total. The topological polar surface area (TPSA) is 26.8 Å². The molecule has 0 saturated carbocycles. The smallest absolute Gasteiger partial charge is 0.242 e. The molecule has 1 saturated heterocycles. The Morgan fingerprint density at radius 1 is 1.11 bits per heavy atom. The van der Waals surface area contributed by atoms with E-state index in [1.807, 2.05) is 34.9 Å². The van der Waals surface area contributed by atoms with Gasteiger partial charge in [0.05, 0.1) is 12.2 Å². The Bertz CT molecular complexity index is 838. The fourth-order valence-corrected chi connectivity index (χ4v) is 5.33. The Morgan fingerprint density at radius 3 is 2.64 bits per heavy atom. The SMILES string of the molecule is CCC1CN(CC(=O)N2CCN(c3cccc(Cl)c3)CC2)c2ccccc2S1. The third-order valence-corrected chi connectivity index (χ3v) is 7.16. The van der Waals surface area contributed by atoms with Crippen LogP contribution in [-0.2, 0) is 4.79 Å². The highest BCUT2D eigenvalue weighted by atomic mass is 35.5. The van der Waals surface area contributed by atoms with Crippen LogP contribution < -0.4 is 9.80 Å². The lowest BCUT2D eigenvalue weighted by molar-refractivity contribution is -0.130. The predicted molar refractivity (Wildman–Crippen MR) is 119 cm³/mol. The number of rotatable bonds is 4. The zero-order valence-electron chi connectivity index (χ0n) is 16.2. The van der Waals surface area contributed by atoms with Crippen LogP contribution >= 0.6 is 23.4 Å². The summed E-state index contributed by atoms with van der Waals surface area (Å²) in [5.41, 5.74) is 2.33. The van der Waals surface area contributed by atoms with Crippen molar-refractivity contribution in [3.8, 4) is 0 Å². The highest BCUT2D eigenvalue weighted by Gasteiger charge is 2.28. The monoisotopic (exact) mass is 415 g/mol. The number of hydrogen-bond acceptors (Lipinski definition) is 4. The Labute approximate surface area is 176 Å². The number of anilines is 2. The maximum absolute atomic E-state index is 13.0. The molecule has 1 atom stereocenters. The van der Waals surface area contributed by atoms with Crippen molar-refractivity contribution >= 4 is 40.6 Å². The molecular formula is C22H26ClN3OS. The second kappa shape index (κ2) is 8.66. The zero-order valence-corrected chi connectivity index (χ0v) is 17.8. The number of piperazine rings is 1. The van der Waals surface area contributed by atoms with Gasteiger partial charge in [0, 0.05) is 53.6 Å². The summed E-state index contributed by atoms with van der Waals surface area (Å²) < 4.78 is 0. The van der Waals surface area contributed by atoms with Crippen molar-refractivity contribution in [1.29, 1.82) is 0 Å². The number of halogens is 1. The summed E-state index contributed by atoms with van der Waals surface area (Å²) in [7, 11) is 0. The zero-order chi connectivity index (χ0) is 19.5. The predicted octanol–water partition coefficient (Wildman–Crippen LogP) is 4.38. The number of carbonyl (C=O) groups is 1. The van der Waals surface area contributed by atoms with Crippen LogP contribution in [-0.4, -0.2) is 55.3 Å². The maximum atomic E-state index is 13.0. The molecule has 2 aromatic carbocycles. The molecule has 148 valence electrons. The fraction of sp³-hybridized carbons (Fsp3) is 0.409. The lowest BCUT2D eigenvalue weighted by atomic mass is 10.2. The number of hydrogen-bond donors (Lipinski definition) is 0. The van der Waals surface area contributed by atoms with E-state index < -0.39 is 0 Å². The molecule has 0 aliphatic carbocycles. The van der Waals surface area contributed by atoms with E-state index in [4.69, 9.17) is 11.6 Å². The number of fused-ring (bicyclic) bond motifs is 1. The molecule has 2 aliphatic heterocycles. The standard InChI is InChI=1S/C22H26ClN3OS/c1-2-19-15-26(20-8-3-4-9-21(20)28-19)16-22(27)25-12-10-24(11-13-25)18-7-5-6-17(23)14-18/h3-9,14,19H,2,10-13,15-16H2,1H3. The molecule has 0 spiro atoms. The van der Waals surface area contributed by atoms with E-state index in [-0.39, 0.29) is 5.91 Å². The first-order valence-corrected chi connectivity index (χ1v) is 11.2. The molecule has 0 N–H and O–H groups in total. The number of carbonyl (C=O) groups excluding carboxylic acids is 1. The van der Waals surface area contributed by atoms with E-state index in [1.54, 1.807) is 0 Å². The molecule has 2 aliphatic rings. The minimum Gasteiger partial charge on any atom is -0.368 e. The third kappa shape index (κ3) is 4.26. The average Bonchev–Trinajstić information content (AvgIpc) is 2.73. The first-order valence-electron chi connectivity index (χ1n) is 9.93. The van der Waals surface area contributed by atoms with E-state index >= 15 is 0 Å². The van der Waals surface area contributed by atoms with Crippen molar-refractivity contribution in [2.75, 3.05) is 49.1 Å². The van der Waals surface area contributed by atoms with Crippen LogP contribution in [0.2, 0.25) is 5.02 Å². The van der Waals surface area contributed by atoms with Gasteiger partial charge in [0.25, 0.3) is 0 Å². The van der Waals surface area contributed by atoms with E-state index in [2.05, 4.69) is 47.1 Å². The van der Waals surface area contributed by atoms with Crippen molar-refractivity contribution in [2.45, 2.75) is 23.5 Å². The number of benzene rings is 2. The quantitative estimate of drug-likeness (QED) is 0.740. The van der Waals surface area contributed by atoms with Crippen molar-refractivity contribution in [1.82, 2.24) is 4.90 Å². The van der Waals surface area contributed by atoms with Crippen LogP contribution in [0.5, 0.6) is 0 Å². The Hall–Kier alpha value is -1.85. The van der Waals surface area contributed by atoms with Gasteiger partial charge in [0.15, 0.2) is 0 Å². The first-order chi connectivity index (χ1) is 13.6. The summed E-state index contributed by atoms with van der Waals surface area (Å²) in [5.74, 6) is 0.224. The average molecular weight is 416 g/mol. The third-order valence-electron chi connectivity index (χ3n) is 5.51. The summed E-state index contributed by atoms with van der Waals surface area (Å²) in [6.45, 7) is 6.82. The Kier molecular flexibility index (Phi) is 6.02. The largest absolute Gasteiger partial charge is 0.368 e. The van der Waals surface area contributed by atoms with Crippen LogP contribution in [0.4, 0.5) is 11.4 Å². The highest BCUT2D eigenvalue weighted by molar-refractivity contribution is 8.00. The lowest BCUT2D eigenvalue weighted by Crippen LogP contribution is -2.52. The highest BCUT2D eigenvalue weighted by Crippen LogP contribution is 2.39. The van der Waals surface area contributed by atoms with Gasteiger partial charge in [-0.1, -0.05) is 36.7 Å². The van der Waals surface area contributed by atoms with Gasteiger partial charge >= 0.3 is 0 Å². The van der Waals surface area contributed by atoms with E-state index in [9.17, 15) is 4.79 Å². The number of amides is 1. The molecule has 2 aromatic rings.